The molecule has 4 heteroatoms. The van der Waals surface area contributed by atoms with E-state index in [0.717, 1.165) is 11.1 Å². The van der Waals surface area contributed by atoms with Gasteiger partial charge in [-0.3, -0.25) is 4.79 Å². The van der Waals surface area contributed by atoms with Crippen LogP contribution in [-0.2, 0) is 0 Å². The van der Waals surface area contributed by atoms with Crippen molar-refractivity contribution in [3.63, 3.8) is 0 Å². The summed E-state index contributed by atoms with van der Waals surface area (Å²) in [5.41, 5.74) is 2.66. The van der Waals surface area contributed by atoms with Crippen molar-refractivity contribution in [2.24, 2.45) is 5.92 Å². The van der Waals surface area contributed by atoms with Crippen LogP contribution in [0.25, 0.3) is 17.0 Å². The molecule has 1 aliphatic rings. The minimum atomic E-state index is -0.793. The summed E-state index contributed by atoms with van der Waals surface area (Å²) in [6.07, 6.45) is 10.1. The minimum Gasteiger partial charge on any atom is -0.492 e. The molecule has 4 rings (SSSR count). The lowest BCUT2D eigenvalue weighted by molar-refractivity contribution is 0.210. The van der Waals surface area contributed by atoms with E-state index in [1.54, 1.807) is 18.2 Å². The van der Waals surface area contributed by atoms with Gasteiger partial charge >= 0.3 is 0 Å². The first-order chi connectivity index (χ1) is 14.6. The number of hydrogen-bond donors (Lipinski definition) is 1. The van der Waals surface area contributed by atoms with Crippen LogP contribution < -0.4 is 10.2 Å². The van der Waals surface area contributed by atoms with E-state index in [1.807, 2.05) is 43.3 Å². The van der Waals surface area contributed by atoms with Gasteiger partial charge in [-0.1, -0.05) is 61.2 Å². The van der Waals surface area contributed by atoms with E-state index >= 15 is 0 Å². The predicted octanol–water partition coefficient (Wildman–Crippen LogP) is 5.81. The molecule has 0 radical (unpaired) electrons. The van der Waals surface area contributed by atoms with Gasteiger partial charge in [0.2, 0.25) is 5.43 Å². The number of ether oxygens (including phenoxy) is 1. The van der Waals surface area contributed by atoms with E-state index in [0.29, 0.717) is 34.8 Å². The monoisotopic (exact) mass is 404 g/mol. The number of fused-ring (bicyclic) bond motifs is 1. The summed E-state index contributed by atoms with van der Waals surface area (Å²) in [7, 11) is 0. The van der Waals surface area contributed by atoms with E-state index in [9.17, 15) is 9.90 Å². The first kappa shape index (κ1) is 20.4. The van der Waals surface area contributed by atoms with Gasteiger partial charge in [0.05, 0.1) is 18.3 Å². The van der Waals surface area contributed by atoms with Crippen LogP contribution in [0.15, 0.2) is 64.0 Å². The van der Waals surface area contributed by atoms with E-state index in [-0.39, 0.29) is 5.43 Å². The fourth-order valence-electron chi connectivity index (χ4n) is 4.02. The number of aliphatic hydroxyl groups excluding tert-OH is 1. The maximum atomic E-state index is 13.1. The normalized spacial score (nSPS) is 16.2. The summed E-state index contributed by atoms with van der Waals surface area (Å²) in [6.45, 7) is 2.63. The number of aryl methyl sites for hydroxylation is 1. The fraction of sp³-hybridized carbons (Fsp3) is 0.346. The molecule has 0 saturated heterocycles. The maximum Gasteiger partial charge on any atom is 0.203 e. The highest BCUT2D eigenvalue weighted by Crippen LogP contribution is 2.28. The van der Waals surface area contributed by atoms with Gasteiger partial charge in [-0.05, 0) is 49.5 Å². The molecule has 4 nitrogen and oxygen atoms in total. The molecule has 2 aromatic carbocycles. The molecule has 1 aliphatic carbocycles. The molecule has 1 fully saturated rings. The van der Waals surface area contributed by atoms with E-state index < -0.39 is 6.10 Å². The molecule has 1 heterocycles. The second kappa shape index (κ2) is 9.31. The van der Waals surface area contributed by atoms with Crippen molar-refractivity contribution in [2.75, 3.05) is 6.61 Å². The Morgan fingerprint density at radius 2 is 1.90 bits per heavy atom. The molecule has 3 aromatic rings. The van der Waals surface area contributed by atoms with Crippen molar-refractivity contribution in [3.8, 4) is 5.75 Å². The van der Waals surface area contributed by atoms with Gasteiger partial charge in [-0.2, -0.15) is 0 Å². The van der Waals surface area contributed by atoms with E-state index in [2.05, 4.69) is 0 Å². The summed E-state index contributed by atoms with van der Waals surface area (Å²) >= 11 is 0. The average Bonchev–Trinajstić information content (AvgIpc) is 2.78. The van der Waals surface area contributed by atoms with Gasteiger partial charge in [-0.25, -0.2) is 0 Å². The van der Waals surface area contributed by atoms with Gasteiger partial charge in [-0.15, -0.1) is 0 Å². The topological polar surface area (TPSA) is 59.7 Å². The van der Waals surface area contributed by atoms with Crippen LogP contribution in [0.1, 0.15) is 54.9 Å². The van der Waals surface area contributed by atoms with Crippen molar-refractivity contribution >= 4 is 17.0 Å². The van der Waals surface area contributed by atoms with Crippen LogP contribution in [0.3, 0.4) is 0 Å². The fourth-order valence-corrected chi connectivity index (χ4v) is 4.02. The zero-order chi connectivity index (χ0) is 20.9. The Balaban J connectivity index is 1.57. The first-order valence-electron chi connectivity index (χ1n) is 10.7. The van der Waals surface area contributed by atoms with Crippen molar-refractivity contribution < 1.29 is 14.3 Å². The van der Waals surface area contributed by atoms with Gasteiger partial charge < -0.3 is 14.3 Å². The Morgan fingerprint density at radius 3 is 2.67 bits per heavy atom. The average molecular weight is 405 g/mol. The minimum absolute atomic E-state index is 0.150. The zero-order valence-corrected chi connectivity index (χ0v) is 17.3. The number of hydrogen-bond acceptors (Lipinski definition) is 4. The smallest absolute Gasteiger partial charge is 0.203 e. The Morgan fingerprint density at radius 1 is 1.13 bits per heavy atom. The second-order valence-electron chi connectivity index (χ2n) is 8.18. The van der Waals surface area contributed by atoms with Gasteiger partial charge in [0.25, 0.3) is 0 Å². The molecule has 0 amide bonds. The molecule has 1 unspecified atom stereocenters. The first-order valence-corrected chi connectivity index (χ1v) is 10.7. The summed E-state index contributed by atoms with van der Waals surface area (Å²) in [5.74, 6) is 1.12. The molecular weight excluding hydrogens is 376 g/mol. The summed E-state index contributed by atoms with van der Waals surface area (Å²) in [4.78, 5) is 13.1. The molecule has 1 saturated carbocycles. The van der Waals surface area contributed by atoms with Crippen LogP contribution in [-0.4, -0.2) is 11.7 Å². The van der Waals surface area contributed by atoms with E-state index in [1.165, 1.54) is 38.4 Å². The molecular formula is C26H28O4. The Labute approximate surface area is 176 Å². The Kier molecular flexibility index (Phi) is 6.34. The van der Waals surface area contributed by atoms with Crippen molar-refractivity contribution in [1.82, 2.24) is 0 Å². The third-order valence-corrected chi connectivity index (χ3v) is 5.87. The maximum absolute atomic E-state index is 13.1. The molecule has 1 aromatic heterocycles. The van der Waals surface area contributed by atoms with Crippen LogP contribution in [0.4, 0.5) is 0 Å². The third kappa shape index (κ3) is 4.65. The predicted molar refractivity (Wildman–Crippen MR) is 120 cm³/mol. The Bertz CT molecular complexity index is 1070. The number of aliphatic hydroxyl groups is 1. The van der Waals surface area contributed by atoms with Crippen LogP contribution in [0, 0.1) is 12.8 Å². The summed E-state index contributed by atoms with van der Waals surface area (Å²) < 4.78 is 11.8. The van der Waals surface area contributed by atoms with Gasteiger partial charge in [0.1, 0.15) is 23.0 Å². The SMILES string of the molecule is Cc1ccc(C(O)/C=C/c2coc3cccc(OCC4CCCCC4)c3c2=O)cc1. The van der Waals surface area contributed by atoms with Crippen molar-refractivity contribution in [2.45, 2.75) is 45.1 Å². The van der Waals surface area contributed by atoms with Gasteiger partial charge in [0, 0.05) is 0 Å². The van der Waals surface area contributed by atoms with Crippen LogP contribution in [0.2, 0.25) is 0 Å². The molecule has 0 spiro atoms. The second-order valence-corrected chi connectivity index (χ2v) is 8.18. The zero-order valence-electron chi connectivity index (χ0n) is 17.3. The largest absolute Gasteiger partial charge is 0.492 e. The molecule has 156 valence electrons. The highest BCUT2D eigenvalue weighted by molar-refractivity contribution is 5.85. The molecule has 1 atom stereocenters. The lowest BCUT2D eigenvalue weighted by Crippen LogP contribution is -2.16. The van der Waals surface area contributed by atoms with Crippen LogP contribution in [0.5, 0.6) is 5.75 Å². The van der Waals surface area contributed by atoms with Gasteiger partial charge in [0.15, 0.2) is 0 Å². The van der Waals surface area contributed by atoms with Crippen LogP contribution >= 0.6 is 0 Å². The lowest BCUT2D eigenvalue weighted by Gasteiger charge is -2.21. The quantitative estimate of drug-likeness (QED) is 0.563. The lowest BCUT2D eigenvalue weighted by atomic mass is 9.90. The van der Waals surface area contributed by atoms with E-state index in [4.69, 9.17) is 9.15 Å². The Hall–Kier alpha value is -2.85. The molecule has 30 heavy (non-hydrogen) atoms. The third-order valence-electron chi connectivity index (χ3n) is 5.87. The molecule has 1 N–H and O–H groups in total. The highest BCUT2D eigenvalue weighted by Gasteiger charge is 2.16. The number of rotatable bonds is 6. The van der Waals surface area contributed by atoms with Crippen molar-refractivity contribution in [1.29, 1.82) is 0 Å². The molecule has 0 aliphatic heterocycles. The molecule has 0 bridgehead atoms. The number of benzene rings is 2. The summed E-state index contributed by atoms with van der Waals surface area (Å²) in [6, 6.07) is 13.1. The standard InChI is InChI=1S/C26H28O4/c1-18-10-12-20(13-11-18)22(27)15-14-21-17-30-24-9-5-8-23(25(24)26(21)28)29-16-19-6-3-2-4-7-19/h5,8-15,17,19,22,27H,2-4,6-7,16H2,1H3/b15-14+. The van der Waals surface area contributed by atoms with Crippen molar-refractivity contribution in [3.05, 3.63) is 81.7 Å². The highest BCUT2D eigenvalue weighted by atomic mass is 16.5. The summed E-state index contributed by atoms with van der Waals surface area (Å²) in [5, 5.41) is 10.9.